The summed E-state index contributed by atoms with van der Waals surface area (Å²) in [6, 6.07) is 0. The van der Waals surface area contributed by atoms with Crippen molar-refractivity contribution in [3.63, 3.8) is 0 Å². The predicted molar refractivity (Wildman–Crippen MR) is 77.1 cm³/mol. The molecule has 17 heavy (non-hydrogen) atoms. The van der Waals surface area contributed by atoms with Crippen LogP contribution in [0.3, 0.4) is 0 Å². The monoisotopic (exact) mass is 309 g/mol. The zero-order valence-corrected chi connectivity index (χ0v) is 13.0. The second-order valence-corrected chi connectivity index (χ2v) is 4.78. The van der Waals surface area contributed by atoms with E-state index in [0.717, 1.165) is 51.4 Å². The number of hydrogen-bond acceptors (Lipinski definition) is 3. The molecule has 104 valence electrons. The van der Waals surface area contributed by atoms with Crippen LogP contribution in [0.1, 0.15) is 33.1 Å². The van der Waals surface area contributed by atoms with Crippen LogP contribution in [-0.2, 0) is 9.47 Å². The van der Waals surface area contributed by atoms with Gasteiger partial charge in [-0.3, -0.25) is 4.90 Å². The van der Waals surface area contributed by atoms with E-state index in [1.807, 2.05) is 13.8 Å². The smallest absolute Gasteiger partial charge is 0.0593 e. The third-order valence-corrected chi connectivity index (χ3v) is 3.18. The molecular formula is C13H28BrNO2. The molecule has 0 radical (unpaired) electrons. The first-order valence-electron chi connectivity index (χ1n) is 6.78. The van der Waals surface area contributed by atoms with Gasteiger partial charge in [0, 0.05) is 31.6 Å². The molecule has 0 fully saturated rings. The Morgan fingerprint density at radius 1 is 0.824 bits per heavy atom. The highest BCUT2D eigenvalue weighted by Gasteiger charge is 2.04. The third-order valence-electron chi connectivity index (χ3n) is 2.62. The quantitative estimate of drug-likeness (QED) is 0.386. The summed E-state index contributed by atoms with van der Waals surface area (Å²) in [6.45, 7) is 10.6. The maximum absolute atomic E-state index is 5.41. The number of halogens is 1. The molecule has 0 aromatic rings. The summed E-state index contributed by atoms with van der Waals surface area (Å²) in [4.78, 5) is 2.44. The van der Waals surface area contributed by atoms with Crippen molar-refractivity contribution in [3.05, 3.63) is 0 Å². The van der Waals surface area contributed by atoms with Crippen molar-refractivity contribution < 1.29 is 9.47 Å². The first-order chi connectivity index (χ1) is 8.35. The molecule has 0 spiro atoms. The molecule has 0 N–H and O–H groups in total. The molecule has 3 nitrogen and oxygen atoms in total. The van der Waals surface area contributed by atoms with Gasteiger partial charge in [-0.05, 0) is 33.2 Å². The second kappa shape index (κ2) is 14.4. The van der Waals surface area contributed by atoms with E-state index in [0.29, 0.717) is 0 Å². The summed E-state index contributed by atoms with van der Waals surface area (Å²) in [5.41, 5.74) is 0. The highest BCUT2D eigenvalue weighted by Crippen LogP contribution is 2.01. The van der Waals surface area contributed by atoms with E-state index in [2.05, 4.69) is 20.8 Å². The van der Waals surface area contributed by atoms with Gasteiger partial charge in [-0.1, -0.05) is 22.4 Å². The lowest BCUT2D eigenvalue weighted by atomic mass is 10.2. The third kappa shape index (κ3) is 12.6. The van der Waals surface area contributed by atoms with Gasteiger partial charge in [-0.2, -0.15) is 0 Å². The normalized spacial score (nSPS) is 11.3. The van der Waals surface area contributed by atoms with Crippen LogP contribution < -0.4 is 0 Å². The Morgan fingerprint density at radius 2 is 1.41 bits per heavy atom. The highest BCUT2D eigenvalue weighted by atomic mass is 79.9. The van der Waals surface area contributed by atoms with Gasteiger partial charge in [-0.25, -0.2) is 0 Å². The predicted octanol–water partition coefficient (Wildman–Crippen LogP) is 2.93. The van der Waals surface area contributed by atoms with Crippen LogP contribution in [0, 0.1) is 0 Å². The number of alkyl halides is 1. The number of hydrogen-bond donors (Lipinski definition) is 0. The first kappa shape index (κ1) is 17.4. The zero-order chi connectivity index (χ0) is 12.8. The van der Waals surface area contributed by atoms with Crippen molar-refractivity contribution in [2.75, 3.05) is 51.4 Å². The maximum Gasteiger partial charge on any atom is 0.0593 e. The molecule has 0 atom stereocenters. The molecule has 0 aliphatic heterocycles. The van der Waals surface area contributed by atoms with Gasteiger partial charge in [0.25, 0.3) is 0 Å². The van der Waals surface area contributed by atoms with Crippen LogP contribution >= 0.6 is 15.9 Å². The van der Waals surface area contributed by atoms with Crippen LogP contribution in [0.2, 0.25) is 0 Å². The molecule has 4 heteroatoms. The van der Waals surface area contributed by atoms with Gasteiger partial charge in [0.05, 0.1) is 13.2 Å². The van der Waals surface area contributed by atoms with Crippen molar-refractivity contribution in [2.45, 2.75) is 33.1 Å². The van der Waals surface area contributed by atoms with Crippen LogP contribution in [0.4, 0.5) is 0 Å². The summed E-state index contributed by atoms with van der Waals surface area (Å²) in [5.74, 6) is 0. The summed E-state index contributed by atoms with van der Waals surface area (Å²) >= 11 is 3.47. The van der Waals surface area contributed by atoms with E-state index in [1.165, 1.54) is 19.3 Å². The van der Waals surface area contributed by atoms with Crippen molar-refractivity contribution in [2.24, 2.45) is 0 Å². The lowest BCUT2D eigenvalue weighted by Gasteiger charge is -2.21. The van der Waals surface area contributed by atoms with Crippen LogP contribution in [-0.4, -0.2) is 56.3 Å². The first-order valence-corrected chi connectivity index (χ1v) is 7.91. The molecule has 0 heterocycles. The highest BCUT2D eigenvalue weighted by molar-refractivity contribution is 9.09. The molecule has 0 aliphatic carbocycles. The largest absolute Gasteiger partial charge is 0.380 e. The Labute approximate surface area is 115 Å². The topological polar surface area (TPSA) is 21.7 Å². The van der Waals surface area contributed by atoms with E-state index < -0.39 is 0 Å². The molecule has 0 saturated heterocycles. The fourth-order valence-electron chi connectivity index (χ4n) is 1.62. The van der Waals surface area contributed by atoms with Crippen LogP contribution in [0.15, 0.2) is 0 Å². The Morgan fingerprint density at radius 3 is 1.88 bits per heavy atom. The average molecular weight is 310 g/mol. The number of rotatable bonds is 13. The van der Waals surface area contributed by atoms with E-state index in [9.17, 15) is 0 Å². The summed E-state index contributed by atoms with van der Waals surface area (Å²) in [6.07, 6.45) is 3.83. The second-order valence-electron chi connectivity index (χ2n) is 3.99. The maximum atomic E-state index is 5.41. The molecule has 0 aromatic carbocycles. The number of nitrogens with zero attached hydrogens (tertiary/aromatic N) is 1. The molecule has 0 amide bonds. The van der Waals surface area contributed by atoms with Crippen molar-refractivity contribution in [1.29, 1.82) is 0 Å². The molecule has 0 aromatic heterocycles. The summed E-state index contributed by atoms with van der Waals surface area (Å²) in [5, 5.41) is 1.12. The standard InChI is InChI=1S/C13H28BrNO2/c1-3-16-12-10-15(11-13-17-4-2)9-7-5-6-8-14/h3-13H2,1-2H3. The number of ether oxygens (including phenoxy) is 2. The molecule has 0 unspecified atom stereocenters. The van der Waals surface area contributed by atoms with Crippen molar-refractivity contribution in [3.8, 4) is 0 Å². The summed E-state index contributed by atoms with van der Waals surface area (Å²) < 4.78 is 10.8. The van der Waals surface area contributed by atoms with E-state index >= 15 is 0 Å². The number of unbranched alkanes of at least 4 members (excludes halogenated alkanes) is 2. The van der Waals surface area contributed by atoms with Crippen molar-refractivity contribution in [1.82, 2.24) is 4.90 Å². The minimum absolute atomic E-state index is 0.808. The minimum Gasteiger partial charge on any atom is -0.380 e. The fourth-order valence-corrected chi connectivity index (χ4v) is 2.01. The zero-order valence-electron chi connectivity index (χ0n) is 11.4. The molecule has 0 saturated carbocycles. The SMILES string of the molecule is CCOCCN(CCCCCBr)CCOCC. The van der Waals surface area contributed by atoms with Crippen LogP contribution in [0.5, 0.6) is 0 Å². The Balaban J connectivity index is 3.60. The lowest BCUT2D eigenvalue weighted by molar-refractivity contribution is 0.0821. The minimum atomic E-state index is 0.808. The molecule has 0 bridgehead atoms. The van der Waals surface area contributed by atoms with Crippen LogP contribution in [0.25, 0.3) is 0 Å². The van der Waals surface area contributed by atoms with Gasteiger partial charge < -0.3 is 9.47 Å². The Hall–Kier alpha value is 0.360. The van der Waals surface area contributed by atoms with Gasteiger partial charge in [0.2, 0.25) is 0 Å². The van der Waals surface area contributed by atoms with E-state index in [1.54, 1.807) is 0 Å². The lowest BCUT2D eigenvalue weighted by Crippen LogP contribution is -2.32. The van der Waals surface area contributed by atoms with E-state index in [-0.39, 0.29) is 0 Å². The Bertz CT molecular complexity index is 137. The molecule has 0 rings (SSSR count). The Kier molecular flexibility index (Phi) is 14.7. The van der Waals surface area contributed by atoms with Gasteiger partial charge in [0.15, 0.2) is 0 Å². The summed E-state index contributed by atoms with van der Waals surface area (Å²) in [7, 11) is 0. The molecule has 0 aliphatic rings. The van der Waals surface area contributed by atoms with Gasteiger partial charge >= 0.3 is 0 Å². The molecular weight excluding hydrogens is 282 g/mol. The van der Waals surface area contributed by atoms with Gasteiger partial charge in [-0.15, -0.1) is 0 Å². The average Bonchev–Trinajstić information content (AvgIpc) is 2.34. The van der Waals surface area contributed by atoms with Crippen molar-refractivity contribution >= 4 is 15.9 Å². The van der Waals surface area contributed by atoms with Gasteiger partial charge in [0.1, 0.15) is 0 Å². The van der Waals surface area contributed by atoms with E-state index in [4.69, 9.17) is 9.47 Å². The fraction of sp³-hybridized carbons (Fsp3) is 1.00.